The number of hydrogen-bond acceptors (Lipinski definition) is 2. The number of carboxylic acids is 1. The third-order valence-electron chi connectivity index (χ3n) is 3.73. The first-order valence-corrected chi connectivity index (χ1v) is 6.58. The van der Waals surface area contributed by atoms with Crippen LogP contribution in [0.15, 0.2) is 0 Å². The topological polar surface area (TPSA) is 63.3 Å². The number of nitrogens with two attached hydrogens (primary N) is 1. The fourth-order valence-electron chi connectivity index (χ4n) is 2.33. The second-order valence-corrected chi connectivity index (χ2v) is 5.25. The monoisotopic (exact) mass is 227 g/mol. The van der Waals surface area contributed by atoms with E-state index < -0.39 is 11.4 Å². The minimum atomic E-state index is -0.682. The van der Waals surface area contributed by atoms with E-state index in [9.17, 15) is 9.90 Å². The van der Waals surface area contributed by atoms with Gasteiger partial charge in [-0.15, -0.1) is 0 Å². The molecule has 0 aromatic heterocycles. The van der Waals surface area contributed by atoms with E-state index in [4.69, 9.17) is 5.73 Å². The first-order valence-electron chi connectivity index (χ1n) is 6.58. The molecule has 0 bridgehead atoms. The smallest absolute Gasteiger partial charge is 0.310 e. The van der Waals surface area contributed by atoms with Crippen molar-refractivity contribution in [1.82, 2.24) is 0 Å². The number of unbranched alkanes of at least 4 members (excludes halogenated alkanes) is 3. The first kappa shape index (κ1) is 13.5. The predicted molar refractivity (Wildman–Crippen MR) is 65.2 cm³/mol. The third kappa shape index (κ3) is 3.78. The zero-order valence-corrected chi connectivity index (χ0v) is 10.4. The largest absolute Gasteiger partial charge is 0.481 e. The normalized spacial score (nSPS) is 19.4. The molecule has 0 aromatic rings. The number of carboxylic acid groups (broad SMARTS) is 1. The molecule has 1 aliphatic carbocycles. The van der Waals surface area contributed by atoms with Crippen molar-refractivity contribution in [2.45, 2.75) is 58.3 Å². The molecular formula is C13H25NO2. The number of carbonyl (C=O) groups is 1. The van der Waals surface area contributed by atoms with Crippen LogP contribution in [-0.2, 0) is 4.79 Å². The van der Waals surface area contributed by atoms with E-state index in [2.05, 4.69) is 6.92 Å². The van der Waals surface area contributed by atoms with Crippen molar-refractivity contribution >= 4 is 5.97 Å². The fourth-order valence-corrected chi connectivity index (χ4v) is 2.33. The predicted octanol–water partition coefficient (Wildman–Crippen LogP) is 2.79. The van der Waals surface area contributed by atoms with Crippen molar-refractivity contribution in [1.29, 1.82) is 0 Å². The molecule has 0 radical (unpaired) electrons. The van der Waals surface area contributed by atoms with Crippen LogP contribution >= 0.6 is 0 Å². The molecule has 1 atom stereocenters. The van der Waals surface area contributed by atoms with Gasteiger partial charge in [0.15, 0.2) is 0 Å². The van der Waals surface area contributed by atoms with E-state index in [-0.39, 0.29) is 0 Å². The van der Waals surface area contributed by atoms with Gasteiger partial charge >= 0.3 is 5.97 Å². The number of aliphatic carboxylic acids is 1. The van der Waals surface area contributed by atoms with Gasteiger partial charge in [0.1, 0.15) is 0 Å². The maximum atomic E-state index is 11.4. The Kier molecular flexibility index (Phi) is 5.26. The number of rotatable bonds is 9. The van der Waals surface area contributed by atoms with Gasteiger partial charge < -0.3 is 10.8 Å². The Morgan fingerprint density at radius 2 is 2.06 bits per heavy atom. The molecule has 0 aliphatic heterocycles. The molecule has 3 heteroatoms. The van der Waals surface area contributed by atoms with Crippen LogP contribution in [0.3, 0.4) is 0 Å². The van der Waals surface area contributed by atoms with Gasteiger partial charge in [0.05, 0.1) is 5.41 Å². The molecule has 0 heterocycles. The Balaban J connectivity index is 2.43. The molecule has 0 saturated heterocycles. The van der Waals surface area contributed by atoms with Gasteiger partial charge in [-0.3, -0.25) is 4.79 Å². The Morgan fingerprint density at radius 1 is 1.38 bits per heavy atom. The molecule has 1 saturated carbocycles. The summed E-state index contributed by atoms with van der Waals surface area (Å²) in [6.07, 6.45) is 8.48. The fraction of sp³-hybridized carbons (Fsp3) is 0.923. The standard InChI is InChI=1S/C13H25NO2/c1-2-3-4-5-8-13(10-14,12(15)16)9-11-6-7-11/h11H,2-10,14H2,1H3,(H,15,16). The molecule has 1 aliphatic rings. The summed E-state index contributed by atoms with van der Waals surface area (Å²) in [5.74, 6) is -0.0516. The summed E-state index contributed by atoms with van der Waals surface area (Å²) in [4.78, 5) is 11.4. The van der Waals surface area contributed by atoms with Crippen LogP contribution in [-0.4, -0.2) is 17.6 Å². The zero-order valence-electron chi connectivity index (χ0n) is 10.4. The average Bonchev–Trinajstić information content (AvgIpc) is 3.06. The molecule has 1 unspecified atom stereocenters. The molecule has 0 aromatic carbocycles. The highest BCUT2D eigenvalue weighted by Gasteiger charge is 2.41. The summed E-state index contributed by atoms with van der Waals surface area (Å²) in [7, 11) is 0. The maximum Gasteiger partial charge on any atom is 0.310 e. The average molecular weight is 227 g/mol. The van der Waals surface area contributed by atoms with Crippen LogP contribution in [0, 0.1) is 11.3 Å². The molecule has 16 heavy (non-hydrogen) atoms. The van der Waals surface area contributed by atoms with E-state index in [0.29, 0.717) is 12.5 Å². The minimum Gasteiger partial charge on any atom is -0.481 e. The molecule has 1 rings (SSSR count). The highest BCUT2D eigenvalue weighted by Crippen LogP contribution is 2.42. The summed E-state index contributed by atoms with van der Waals surface area (Å²) < 4.78 is 0. The van der Waals surface area contributed by atoms with Crippen molar-refractivity contribution in [3.63, 3.8) is 0 Å². The van der Waals surface area contributed by atoms with Crippen molar-refractivity contribution < 1.29 is 9.90 Å². The number of hydrogen-bond donors (Lipinski definition) is 2. The summed E-state index contributed by atoms with van der Waals surface area (Å²) in [6.45, 7) is 2.46. The quantitative estimate of drug-likeness (QED) is 0.595. The lowest BCUT2D eigenvalue weighted by molar-refractivity contribution is -0.149. The molecule has 3 N–H and O–H groups in total. The van der Waals surface area contributed by atoms with Crippen molar-refractivity contribution in [2.75, 3.05) is 6.54 Å². The van der Waals surface area contributed by atoms with E-state index >= 15 is 0 Å². The summed E-state index contributed by atoms with van der Waals surface area (Å²) in [6, 6.07) is 0. The summed E-state index contributed by atoms with van der Waals surface area (Å²) >= 11 is 0. The van der Waals surface area contributed by atoms with Gasteiger partial charge in [-0.1, -0.05) is 45.4 Å². The second-order valence-electron chi connectivity index (χ2n) is 5.25. The molecule has 94 valence electrons. The lowest BCUT2D eigenvalue weighted by atomic mass is 9.78. The highest BCUT2D eigenvalue weighted by molar-refractivity contribution is 5.75. The Labute approximate surface area is 98.4 Å². The Morgan fingerprint density at radius 3 is 2.50 bits per heavy atom. The highest BCUT2D eigenvalue weighted by atomic mass is 16.4. The van der Waals surface area contributed by atoms with E-state index in [1.54, 1.807) is 0 Å². The van der Waals surface area contributed by atoms with E-state index in [1.807, 2.05) is 0 Å². The van der Waals surface area contributed by atoms with Crippen molar-refractivity contribution in [2.24, 2.45) is 17.1 Å². The van der Waals surface area contributed by atoms with Gasteiger partial charge in [0.25, 0.3) is 0 Å². The summed E-state index contributed by atoms with van der Waals surface area (Å²) in [5, 5.41) is 9.38. The van der Waals surface area contributed by atoms with Crippen molar-refractivity contribution in [3.8, 4) is 0 Å². The zero-order chi connectivity index (χ0) is 12.0. The SMILES string of the molecule is CCCCCCC(CN)(CC1CC1)C(=O)O. The minimum absolute atomic E-state index is 0.297. The first-order chi connectivity index (χ1) is 7.64. The Hall–Kier alpha value is -0.570. The Bertz CT molecular complexity index is 226. The van der Waals surface area contributed by atoms with Gasteiger partial charge in [-0.25, -0.2) is 0 Å². The van der Waals surface area contributed by atoms with Gasteiger partial charge in [-0.05, 0) is 18.8 Å². The van der Waals surface area contributed by atoms with Crippen LogP contribution < -0.4 is 5.73 Å². The van der Waals surface area contributed by atoms with Crippen LogP contribution in [0.1, 0.15) is 58.3 Å². The molecule has 1 fully saturated rings. The molecule has 0 amide bonds. The van der Waals surface area contributed by atoms with Gasteiger partial charge in [0, 0.05) is 6.54 Å². The van der Waals surface area contributed by atoms with E-state index in [0.717, 1.165) is 25.7 Å². The lowest BCUT2D eigenvalue weighted by Gasteiger charge is -2.28. The molecular weight excluding hydrogens is 202 g/mol. The lowest BCUT2D eigenvalue weighted by Crippen LogP contribution is -2.39. The van der Waals surface area contributed by atoms with Crippen molar-refractivity contribution in [3.05, 3.63) is 0 Å². The van der Waals surface area contributed by atoms with Crippen LogP contribution in [0.25, 0.3) is 0 Å². The molecule has 3 nitrogen and oxygen atoms in total. The maximum absolute atomic E-state index is 11.4. The van der Waals surface area contributed by atoms with E-state index in [1.165, 1.54) is 25.7 Å². The van der Waals surface area contributed by atoms with Crippen LogP contribution in [0.5, 0.6) is 0 Å². The van der Waals surface area contributed by atoms with Gasteiger partial charge in [0.2, 0.25) is 0 Å². The summed E-state index contributed by atoms with van der Waals surface area (Å²) in [5.41, 5.74) is 5.09. The van der Waals surface area contributed by atoms with Crippen LogP contribution in [0.2, 0.25) is 0 Å². The molecule has 0 spiro atoms. The van der Waals surface area contributed by atoms with Crippen LogP contribution in [0.4, 0.5) is 0 Å². The third-order valence-corrected chi connectivity index (χ3v) is 3.73. The second kappa shape index (κ2) is 6.24. The van der Waals surface area contributed by atoms with Gasteiger partial charge in [-0.2, -0.15) is 0 Å².